The van der Waals surface area contributed by atoms with Crippen LogP contribution in [0.5, 0.6) is 11.5 Å². The van der Waals surface area contributed by atoms with E-state index in [0.717, 1.165) is 22.1 Å². The quantitative estimate of drug-likeness (QED) is 0.897. The van der Waals surface area contributed by atoms with E-state index in [1.165, 1.54) is 0 Å². The average Bonchev–Trinajstić information content (AvgIpc) is 2.99. The molecule has 2 rings (SSSR count). The Bertz CT molecular complexity index is 521. The van der Waals surface area contributed by atoms with Crippen molar-refractivity contribution in [1.29, 1.82) is 0 Å². The van der Waals surface area contributed by atoms with Crippen molar-refractivity contribution in [2.45, 2.75) is 6.04 Å². The molecule has 2 aromatic heterocycles. The Morgan fingerprint density at radius 3 is 2.72 bits per heavy atom. The van der Waals surface area contributed by atoms with E-state index in [1.54, 1.807) is 31.8 Å². The highest BCUT2D eigenvalue weighted by Gasteiger charge is 2.22. The molecular weight excluding hydrogens is 250 g/mol. The van der Waals surface area contributed by atoms with Crippen LogP contribution in [0.15, 0.2) is 17.6 Å². The first kappa shape index (κ1) is 12.9. The zero-order valence-electron chi connectivity index (χ0n) is 10.9. The van der Waals surface area contributed by atoms with Crippen LogP contribution in [0.1, 0.15) is 16.6 Å². The third kappa shape index (κ3) is 2.21. The predicted molar refractivity (Wildman–Crippen MR) is 71.5 cm³/mol. The van der Waals surface area contributed by atoms with Crippen LogP contribution < -0.4 is 14.8 Å². The van der Waals surface area contributed by atoms with E-state index in [9.17, 15) is 0 Å². The van der Waals surface area contributed by atoms with E-state index in [2.05, 4.69) is 10.4 Å². The molecule has 0 aromatic carbocycles. The number of nitrogens with one attached hydrogen (secondary N) is 1. The van der Waals surface area contributed by atoms with Gasteiger partial charge < -0.3 is 14.8 Å². The lowest BCUT2D eigenvalue weighted by Crippen LogP contribution is -2.20. The van der Waals surface area contributed by atoms with Gasteiger partial charge >= 0.3 is 0 Å². The summed E-state index contributed by atoms with van der Waals surface area (Å²) in [5, 5.41) is 9.51. The standard InChI is InChI=1S/C12H17N3O2S/c1-13-11(10-5-8(16-3)7-18-10)12-9(17-4)6-14-15(12)2/h5-7,11,13H,1-4H3. The number of thiophene rings is 1. The smallest absolute Gasteiger partial charge is 0.161 e. The van der Waals surface area contributed by atoms with E-state index in [4.69, 9.17) is 9.47 Å². The van der Waals surface area contributed by atoms with Crippen molar-refractivity contribution < 1.29 is 9.47 Å². The molecule has 0 amide bonds. The van der Waals surface area contributed by atoms with E-state index in [1.807, 2.05) is 30.2 Å². The molecule has 18 heavy (non-hydrogen) atoms. The van der Waals surface area contributed by atoms with Crippen molar-refractivity contribution >= 4 is 11.3 Å². The Hall–Kier alpha value is -1.53. The van der Waals surface area contributed by atoms with Gasteiger partial charge in [0.25, 0.3) is 0 Å². The molecule has 6 heteroatoms. The van der Waals surface area contributed by atoms with Crippen molar-refractivity contribution in [3.05, 3.63) is 28.2 Å². The zero-order chi connectivity index (χ0) is 13.1. The number of hydrogen-bond acceptors (Lipinski definition) is 5. The summed E-state index contributed by atoms with van der Waals surface area (Å²) < 4.78 is 12.4. The molecule has 2 heterocycles. The van der Waals surface area contributed by atoms with Crippen LogP contribution in [0.3, 0.4) is 0 Å². The number of nitrogens with zero attached hydrogens (tertiary/aromatic N) is 2. The van der Waals surface area contributed by atoms with Crippen molar-refractivity contribution in [3.63, 3.8) is 0 Å². The lowest BCUT2D eigenvalue weighted by Gasteiger charge is -2.16. The van der Waals surface area contributed by atoms with Gasteiger partial charge in [0.15, 0.2) is 5.75 Å². The van der Waals surface area contributed by atoms with Crippen molar-refractivity contribution in [1.82, 2.24) is 15.1 Å². The molecule has 2 aromatic rings. The van der Waals surface area contributed by atoms with Gasteiger partial charge in [-0.1, -0.05) is 0 Å². The maximum absolute atomic E-state index is 5.35. The van der Waals surface area contributed by atoms with Crippen LogP contribution in [0.4, 0.5) is 0 Å². The molecule has 0 spiro atoms. The first-order valence-electron chi connectivity index (χ1n) is 5.56. The molecule has 0 aliphatic rings. The van der Waals surface area contributed by atoms with E-state index in [0.29, 0.717) is 0 Å². The van der Waals surface area contributed by atoms with E-state index >= 15 is 0 Å². The van der Waals surface area contributed by atoms with E-state index < -0.39 is 0 Å². The highest BCUT2D eigenvalue weighted by Crippen LogP contribution is 2.34. The fraction of sp³-hybridized carbons (Fsp3) is 0.417. The minimum Gasteiger partial charge on any atom is -0.496 e. The van der Waals surface area contributed by atoms with Gasteiger partial charge in [-0.15, -0.1) is 11.3 Å². The van der Waals surface area contributed by atoms with Gasteiger partial charge in [-0.05, 0) is 13.1 Å². The van der Waals surface area contributed by atoms with Gasteiger partial charge in [-0.2, -0.15) is 5.10 Å². The summed E-state index contributed by atoms with van der Waals surface area (Å²) in [6, 6.07) is 2.07. The molecular formula is C12H17N3O2S. The first-order chi connectivity index (χ1) is 8.71. The van der Waals surface area contributed by atoms with E-state index in [-0.39, 0.29) is 6.04 Å². The maximum Gasteiger partial charge on any atom is 0.161 e. The van der Waals surface area contributed by atoms with Crippen molar-refractivity contribution in [2.75, 3.05) is 21.3 Å². The van der Waals surface area contributed by atoms with Gasteiger partial charge in [-0.3, -0.25) is 4.68 Å². The molecule has 1 atom stereocenters. The summed E-state index contributed by atoms with van der Waals surface area (Å²) in [5.74, 6) is 1.65. The number of aryl methyl sites for hydroxylation is 1. The van der Waals surface area contributed by atoms with Crippen LogP contribution in [0.25, 0.3) is 0 Å². The molecule has 0 fully saturated rings. The first-order valence-corrected chi connectivity index (χ1v) is 6.44. The summed E-state index contributed by atoms with van der Waals surface area (Å²) in [5.41, 5.74) is 1.00. The fourth-order valence-corrected chi connectivity index (χ4v) is 2.89. The summed E-state index contributed by atoms with van der Waals surface area (Å²) in [6.45, 7) is 0. The number of ether oxygens (including phenoxy) is 2. The third-order valence-electron chi connectivity index (χ3n) is 2.85. The molecule has 5 nitrogen and oxygen atoms in total. The van der Waals surface area contributed by atoms with Gasteiger partial charge in [0, 0.05) is 17.3 Å². The summed E-state index contributed by atoms with van der Waals surface area (Å²) in [6.07, 6.45) is 1.73. The molecule has 0 aliphatic carbocycles. The van der Waals surface area contributed by atoms with Crippen LogP contribution in [-0.2, 0) is 7.05 Å². The normalized spacial score (nSPS) is 12.4. The van der Waals surface area contributed by atoms with Crippen LogP contribution in [0.2, 0.25) is 0 Å². The molecule has 0 aliphatic heterocycles. The minimum absolute atomic E-state index is 0.0429. The second kappa shape index (κ2) is 5.41. The Kier molecular flexibility index (Phi) is 3.88. The average molecular weight is 267 g/mol. The Labute approximate surface area is 110 Å². The molecule has 98 valence electrons. The second-order valence-electron chi connectivity index (χ2n) is 3.83. The third-order valence-corrected chi connectivity index (χ3v) is 3.82. The number of rotatable bonds is 5. The highest BCUT2D eigenvalue weighted by molar-refractivity contribution is 7.10. The molecule has 0 radical (unpaired) electrons. The lowest BCUT2D eigenvalue weighted by atomic mass is 10.1. The van der Waals surface area contributed by atoms with Gasteiger partial charge in [0.05, 0.1) is 26.5 Å². The largest absolute Gasteiger partial charge is 0.496 e. The molecule has 0 bridgehead atoms. The summed E-state index contributed by atoms with van der Waals surface area (Å²) in [4.78, 5) is 1.16. The van der Waals surface area contributed by atoms with Gasteiger partial charge in [0.1, 0.15) is 11.4 Å². The minimum atomic E-state index is 0.0429. The molecule has 0 saturated carbocycles. The topological polar surface area (TPSA) is 48.3 Å². The van der Waals surface area contributed by atoms with Gasteiger partial charge in [-0.25, -0.2) is 0 Å². The molecule has 1 unspecified atom stereocenters. The zero-order valence-corrected chi connectivity index (χ0v) is 11.7. The fourth-order valence-electron chi connectivity index (χ4n) is 1.92. The lowest BCUT2D eigenvalue weighted by molar-refractivity contribution is 0.402. The molecule has 1 N–H and O–H groups in total. The summed E-state index contributed by atoms with van der Waals surface area (Å²) in [7, 11) is 7.16. The Morgan fingerprint density at radius 1 is 1.39 bits per heavy atom. The maximum atomic E-state index is 5.35. The monoisotopic (exact) mass is 267 g/mol. The number of hydrogen-bond donors (Lipinski definition) is 1. The summed E-state index contributed by atoms with van der Waals surface area (Å²) >= 11 is 1.65. The van der Waals surface area contributed by atoms with Crippen LogP contribution in [-0.4, -0.2) is 31.0 Å². The molecule has 0 saturated heterocycles. The predicted octanol–water partition coefficient (Wildman–Crippen LogP) is 1.81. The Balaban J connectivity index is 2.41. The van der Waals surface area contributed by atoms with Crippen LogP contribution in [0, 0.1) is 0 Å². The number of aromatic nitrogens is 2. The SMILES string of the molecule is CNC(c1cc(OC)cs1)c1c(OC)cnn1C. The number of methoxy groups -OCH3 is 2. The van der Waals surface area contributed by atoms with Crippen LogP contribution >= 0.6 is 11.3 Å². The Morgan fingerprint density at radius 2 is 2.17 bits per heavy atom. The highest BCUT2D eigenvalue weighted by atomic mass is 32.1. The van der Waals surface area contributed by atoms with Crippen molar-refractivity contribution in [3.8, 4) is 11.5 Å². The van der Waals surface area contributed by atoms with Crippen molar-refractivity contribution in [2.24, 2.45) is 7.05 Å². The second-order valence-corrected chi connectivity index (χ2v) is 4.78. The van der Waals surface area contributed by atoms with Gasteiger partial charge in [0.2, 0.25) is 0 Å².